The summed E-state index contributed by atoms with van der Waals surface area (Å²) in [5, 5.41) is 1.36. The molecule has 1 saturated heterocycles. The molecule has 3 N–H and O–H groups in total. The Hall–Kier alpha value is -2.60. The second-order valence-electron chi connectivity index (χ2n) is 10.5. The number of rotatable bonds is 8. The van der Waals surface area contributed by atoms with E-state index in [9.17, 15) is 13.2 Å². The van der Waals surface area contributed by atoms with Crippen LogP contribution in [0.4, 0.5) is 8.78 Å². The highest BCUT2D eigenvalue weighted by Crippen LogP contribution is 2.35. The molecular weight excluding hydrogens is 604 g/mol. The summed E-state index contributed by atoms with van der Waals surface area (Å²) in [5.41, 5.74) is 5.45. The highest BCUT2D eigenvalue weighted by atomic mass is 79.9. The lowest BCUT2D eigenvalue weighted by molar-refractivity contribution is -0.145. The quantitative estimate of drug-likeness (QED) is 0.349. The van der Waals surface area contributed by atoms with Crippen LogP contribution in [0.25, 0.3) is 10.8 Å². The van der Waals surface area contributed by atoms with Crippen LogP contribution in [0.15, 0.2) is 70.0 Å². The third kappa shape index (κ3) is 6.32. The van der Waals surface area contributed by atoms with Crippen LogP contribution >= 0.6 is 15.9 Å². The van der Waals surface area contributed by atoms with Crippen LogP contribution in [0.1, 0.15) is 44.1 Å². The minimum atomic E-state index is -4.52. The Morgan fingerprint density at radius 2 is 1.60 bits per heavy atom. The summed E-state index contributed by atoms with van der Waals surface area (Å²) < 4.78 is 67.5. The molecule has 0 spiro atoms. The van der Waals surface area contributed by atoms with Gasteiger partial charge in [-0.3, -0.25) is 4.79 Å². The van der Waals surface area contributed by atoms with E-state index in [2.05, 4.69) is 20.7 Å². The third-order valence-electron chi connectivity index (χ3n) is 7.66. The van der Waals surface area contributed by atoms with Gasteiger partial charge in [-0.15, -0.1) is 0 Å². The monoisotopic (exact) mass is 635 g/mol. The van der Waals surface area contributed by atoms with Crippen molar-refractivity contribution in [1.29, 1.82) is 0 Å². The Morgan fingerprint density at radius 1 is 0.975 bits per heavy atom. The van der Waals surface area contributed by atoms with E-state index in [1.54, 1.807) is 18.2 Å². The molecule has 3 aromatic carbocycles. The van der Waals surface area contributed by atoms with Crippen molar-refractivity contribution in [3.05, 3.63) is 70.7 Å². The largest absolute Gasteiger partial charge is 0.490 e. The van der Waals surface area contributed by atoms with Crippen molar-refractivity contribution >= 4 is 42.6 Å². The summed E-state index contributed by atoms with van der Waals surface area (Å²) in [6.07, 6.45) is 5.38. The van der Waals surface area contributed by atoms with Crippen LogP contribution in [0.2, 0.25) is 0 Å². The summed E-state index contributed by atoms with van der Waals surface area (Å²) >= 11 is 3.22. The van der Waals surface area contributed by atoms with Gasteiger partial charge in [-0.2, -0.15) is 13.5 Å². The van der Waals surface area contributed by atoms with Crippen LogP contribution in [-0.2, 0) is 20.7 Å². The molecule has 1 heterocycles. The molecule has 11 heteroatoms. The number of benzene rings is 3. The number of amides is 1. The standard InChI is InChI=1S/C29H32BrF2N3O4S/c30-22-9-7-21(8-10-22)29(31,32)27(28(36)35-15-13-23(33)14-16-35)34-40(37,38)26-12-6-19-17-25(11-5-20(19)18-26)39-24-3-1-2-4-24/h5-12,17-18,23-24,27,34H,1-4,13-16,33H2/t27-/m0/s1. The number of sulfonamides is 1. The maximum Gasteiger partial charge on any atom is 0.298 e. The van der Waals surface area contributed by atoms with E-state index in [1.807, 2.05) is 6.07 Å². The average Bonchev–Trinajstić information content (AvgIpc) is 3.45. The number of carbonyl (C=O) groups is 1. The molecule has 2 fully saturated rings. The van der Waals surface area contributed by atoms with Gasteiger partial charge in [0.05, 0.1) is 11.0 Å². The molecule has 3 aromatic rings. The van der Waals surface area contributed by atoms with Gasteiger partial charge < -0.3 is 15.4 Å². The lowest BCUT2D eigenvalue weighted by atomic mass is 9.99. The number of alkyl halides is 2. The number of hydrogen-bond acceptors (Lipinski definition) is 5. The number of carbonyl (C=O) groups excluding carboxylic acids is 1. The number of nitrogens with two attached hydrogens (primary N) is 1. The SMILES string of the molecule is NC1CCN(C(=O)[C@H](NS(=O)(=O)c2ccc3cc(OC4CCCC4)ccc3c2)C(F)(F)c2ccc(Br)cc2)CC1. The van der Waals surface area contributed by atoms with Crippen LogP contribution in [0, 0.1) is 0 Å². The summed E-state index contributed by atoms with van der Waals surface area (Å²) in [7, 11) is -4.52. The van der Waals surface area contributed by atoms with Gasteiger partial charge in [-0.1, -0.05) is 40.2 Å². The summed E-state index contributed by atoms with van der Waals surface area (Å²) in [6, 6.07) is 12.5. The molecule has 1 saturated carbocycles. The van der Waals surface area contributed by atoms with E-state index in [0.29, 0.717) is 28.5 Å². The van der Waals surface area contributed by atoms with Crippen LogP contribution in [-0.4, -0.2) is 50.5 Å². The van der Waals surface area contributed by atoms with Crippen molar-refractivity contribution in [2.24, 2.45) is 5.73 Å². The molecule has 5 rings (SSSR count). The fraction of sp³-hybridized carbons (Fsp3) is 0.414. The molecule has 1 aliphatic heterocycles. The number of fused-ring (bicyclic) bond motifs is 1. The Labute approximate surface area is 241 Å². The Kier molecular flexibility index (Phi) is 8.47. The van der Waals surface area contributed by atoms with E-state index in [1.165, 1.54) is 41.3 Å². The lowest BCUT2D eigenvalue weighted by Crippen LogP contribution is -2.57. The van der Waals surface area contributed by atoms with Crippen molar-refractivity contribution in [3.63, 3.8) is 0 Å². The van der Waals surface area contributed by atoms with Crippen molar-refractivity contribution < 1.29 is 26.7 Å². The smallest absolute Gasteiger partial charge is 0.298 e. The number of piperidine rings is 1. The first kappa shape index (κ1) is 28.9. The molecule has 2 aliphatic rings. The third-order valence-corrected chi connectivity index (χ3v) is 9.61. The Morgan fingerprint density at radius 3 is 2.27 bits per heavy atom. The molecule has 7 nitrogen and oxygen atoms in total. The first-order valence-corrected chi connectivity index (χ1v) is 15.7. The molecule has 1 aliphatic carbocycles. The van der Waals surface area contributed by atoms with Gasteiger partial charge in [0.2, 0.25) is 15.9 Å². The predicted octanol–water partition coefficient (Wildman–Crippen LogP) is 5.31. The zero-order valence-electron chi connectivity index (χ0n) is 21.9. The van der Waals surface area contributed by atoms with Crippen LogP contribution < -0.4 is 15.2 Å². The highest BCUT2D eigenvalue weighted by Gasteiger charge is 2.50. The number of nitrogens with one attached hydrogen (secondary N) is 1. The van der Waals surface area contributed by atoms with Crippen molar-refractivity contribution in [1.82, 2.24) is 9.62 Å². The molecule has 1 amide bonds. The molecule has 40 heavy (non-hydrogen) atoms. The number of nitrogens with zero attached hydrogens (tertiary/aromatic N) is 1. The molecule has 0 radical (unpaired) electrons. The maximum atomic E-state index is 15.9. The zero-order chi connectivity index (χ0) is 28.5. The fourth-order valence-electron chi connectivity index (χ4n) is 5.28. The van der Waals surface area contributed by atoms with E-state index >= 15 is 8.78 Å². The lowest BCUT2D eigenvalue weighted by Gasteiger charge is -2.35. The number of ether oxygens (including phenoxy) is 1. The van der Waals surface area contributed by atoms with Crippen molar-refractivity contribution in [2.45, 2.75) is 67.5 Å². The molecule has 214 valence electrons. The second-order valence-corrected chi connectivity index (χ2v) is 13.2. The topological polar surface area (TPSA) is 102 Å². The highest BCUT2D eigenvalue weighted by molar-refractivity contribution is 9.10. The van der Waals surface area contributed by atoms with Gasteiger partial charge in [0, 0.05) is 29.2 Å². The van der Waals surface area contributed by atoms with Gasteiger partial charge in [-0.05, 0) is 85.7 Å². The minimum absolute atomic E-state index is 0.132. The van der Waals surface area contributed by atoms with Gasteiger partial charge in [0.15, 0.2) is 6.04 Å². The number of halogens is 3. The van der Waals surface area contributed by atoms with Gasteiger partial charge in [-0.25, -0.2) is 8.42 Å². The molecule has 0 bridgehead atoms. The van der Waals surface area contributed by atoms with Gasteiger partial charge in [0.25, 0.3) is 5.92 Å². The van der Waals surface area contributed by atoms with Crippen LogP contribution in [0.5, 0.6) is 5.75 Å². The second kappa shape index (κ2) is 11.7. The zero-order valence-corrected chi connectivity index (χ0v) is 24.3. The fourth-order valence-corrected chi connectivity index (χ4v) is 6.77. The Balaban J connectivity index is 1.43. The molecule has 0 aromatic heterocycles. The molecule has 0 unspecified atom stereocenters. The van der Waals surface area contributed by atoms with E-state index in [-0.39, 0.29) is 30.1 Å². The maximum absolute atomic E-state index is 15.9. The predicted molar refractivity (Wildman–Crippen MR) is 153 cm³/mol. The molecule has 1 atom stereocenters. The summed E-state index contributed by atoms with van der Waals surface area (Å²) in [6.45, 7) is 0.353. The summed E-state index contributed by atoms with van der Waals surface area (Å²) in [4.78, 5) is 14.5. The van der Waals surface area contributed by atoms with Crippen molar-refractivity contribution in [3.8, 4) is 5.75 Å². The van der Waals surface area contributed by atoms with Gasteiger partial charge >= 0.3 is 0 Å². The van der Waals surface area contributed by atoms with Crippen LogP contribution in [0.3, 0.4) is 0 Å². The average molecular weight is 637 g/mol. The molecular formula is C29H32BrF2N3O4S. The first-order chi connectivity index (χ1) is 19.0. The number of likely N-dealkylation sites (tertiary alicyclic amines) is 1. The summed E-state index contributed by atoms with van der Waals surface area (Å²) in [5.74, 6) is -4.11. The number of hydrogen-bond donors (Lipinski definition) is 2. The van der Waals surface area contributed by atoms with E-state index in [4.69, 9.17) is 10.5 Å². The minimum Gasteiger partial charge on any atom is -0.490 e. The first-order valence-electron chi connectivity index (χ1n) is 13.4. The van der Waals surface area contributed by atoms with Crippen molar-refractivity contribution in [2.75, 3.05) is 13.1 Å². The van der Waals surface area contributed by atoms with E-state index < -0.39 is 33.5 Å². The normalized spacial score (nSPS) is 18.2. The Bertz CT molecular complexity index is 1470. The van der Waals surface area contributed by atoms with E-state index in [0.717, 1.165) is 31.1 Å². The van der Waals surface area contributed by atoms with Gasteiger partial charge in [0.1, 0.15) is 5.75 Å².